The fourth-order valence-electron chi connectivity index (χ4n) is 1.90. The predicted molar refractivity (Wildman–Crippen MR) is 83.7 cm³/mol. The Morgan fingerprint density at radius 1 is 1.35 bits per heavy atom. The Labute approximate surface area is 124 Å². The molecule has 0 spiro atoms. The number of thiophene rings is 1. The quantitative estimate of drug-likeness (QED) is 0.845. The highest BCUT2D eigenvalue weighted by Gasteiger charge is 2.07. The summed E-state index contributed by atoms with van der Waals surface area (Å²) in [6.07, 6.45) is 3.50. The van der Waals surface area contributed by atoms with E-state index in [2.05, 4.69) is 48.2 Å². The molecule has 0 radical (unpaired) electrons. The maximum atomic E-state index is 5.51. The van der Waals surface area contributed by atoms with Crippen LogP contribution in [0.1, 0.15) is 30.0 Å². The van der Waals surface area contributed by atoms with Crippen LogP contribution in [0.4, 0.5) is 5.82 Å². The van der Waals surface area contributed by atoms with Crippen molar-refractivity contribution in [2.75, 3.05) is 11.9 Å². The Balaban J connectivity index is 1.91. The molecule has 0 aliphatic rings. The molecule has 0 aliphatic carbocycles. The summed E-state index contributed by atoms with van der Waals surface area (Å²) in [4.78, 5) is 11.1. The summed E-state index contributed by atoms with van der Waals surface area (Å²) in [5, 5.41) is 3.39. The maximum Gasteiger partial charge on any atom is 0.218 e. The monoisotopic (exact) mass is 291 g/mol. The molecular formula is C15H21N3OS. The Bertz CT molecular complexity index is 541. The molecule has 1 atom stereocenters. The van der Waals surface area contributed by atoms with Gasteiger partial charge in [-0.05, 0) is 32.4 Å². The average molecular weight is 291 g/mol. The molecule has 0 fully saturated rings. The molecule has 0 amide bonds. The zero-order valence-electron chi connectivity index (χ0n) is 12.2. The molecule has 4 nitrogen and oxygen atoms in total. The molecule has 20 heavy (non-hydrogen) atoms. The summed E-state index contributed by atoms with van der Waals surface area (Å²) in [7, 11) is 0. The third-order valence-corrected chi connectivity index (χ3v) is 3.82. The lowest BCUT2D eigenvalue weighted by Gasteiger charge is -2.14. The molecule has 2 heterocycles. The molecule has 1 unspecified atom stereocenters. The van der Waals surface area contributed by atoms with Crippen molar-refractivity contribution in [3.8, 4) is 5.88 Å². The molecule has 0 saturated heterocycles. The summed E-state index contributed by atoms with van der Waals surface area (Å²) in [5.41, 5.74) is 0. The van der Waals surface area contributed by atoms with Gasteiger partial charge in [0, 0.05) is 28.3 Å². The van der Waals surface area contributed by atoms with Gasteiger partial charge in [0.25, 0.3) is 0 Å². The van der Waals surface area contributed by atoms with Crippen molar-refractivity contribution in [3.05, 3.63) is 34.3 Å². The number of anilines is 1. The van der Waals surface area contributed by atoms with Gasteiger partial charge in [-0.1, -0.05) is 6.92 Å². The molecule has 0 aliphatic heterocycles. The summed E-state index contributed by atoms with van der Waals surface area (Å²) in [6.45, 7) is 7.05. The van der Waals surface area contributed by atoms with E-state index < -0.39 is 0 Å². The minimum absolute atomic E-state index is 0.321. The number of nitrogens with one attached hydrogen (secondary N) is 1. The fraction of sp³-hybridized carbons (Fsp3) is 0.467. The van der Waals surface area contributed by atoms with Crippen molar-refractivity contribution in [1.29, 1.82) is 0 Å². The van der Waals surface area contributed by atoms with Gasteiger partial charge in [-0.2, -0.15) is 0 Å². The summed E-state index contributed by atoms with van der Waals surface area (Å²) in [6, 6.07) is 6.52. The van der Waals surface area contributed by atoms with Crippen LogP contribution in [-0.4, -0.2) is 22.6 Å². The molecule has 1 N–H and O–H groups in total. The number of hydrogen-bond donors (Lipinski definition) is 1. The average Bonchev–Trinajstić information content (AvgIpc) is 2.82. The summed E-state index contributed by atoms with van der Waals surface area (Å²) in [5.74, 6) is 1.44. The number of aryl methyl sites for hydroxylation is 1. The van der Waals surface area contributed by atoms with E-state index in [1.54, 1.807) is 0 Å². The van der Waals surface area contributed by atoms with E-state index in [4.69, 9.17) is 4.74 Å². The topological polar surface area (TPSA) is 47.0 Å². The second-order valence-electron chi connectivity index (χ2n) is 4.85. The first-order valence-electron chi connectivity index (χ1n) is 6.94. The van der Waals surface area contributed by atoms with E-state index in [9.17, 15) is 0 Å². The Hall–Kier alpha value is -1.62. The first-order valence-corrected chi connectivity index (χ1v) is 7.75. The van der Waals surface area contributed by atoms with E-state index >= 15 is 0 Å². The Morgan fingerprint density at radius 3 is 2.90 bits per heavy atom. The Kier molecular flexibility index (Phi) is 5.35. The number of nitrogens with zero attached hydrogens (tertiary/aromatic N) is 2. The van der Waals surface area contributed by atoms with Crippen LogP contribution in [0.25, 0.3) is 0 Å². The van der Waals surface area contributed by atoms with Gasteiger partial charge in [0.2, 0.25) is 5.88 Å². The van der Waals surface area contributed by atoms with E-state index in [1.807, 2.05) is 17.4 Å². The summed E-state index contributed by atoms with van der Waals surface area (Å²) < 4.78 is 5.51. The van der Waals surface area contributed by atoms with Crippen LogP contribution in [-0.2, 0) is 6.42 Å². The van der Waals surface area contributed by atoms with Crippen molar-refractivity contribution in [2.24, 2.45) is 0 Å². The van der Waals surface area contributed by atoms with Crippen molar-refractivity contribution >= 4 is 17.2 Å². The van der Waals surface area contributed by atoms with Crippen LogP contribution in [0.5, 0.6) is 5.88 Å². The highest BCUT2D eigenvalue weighted by atomic mass is 32.1. The predicted octanol–water partition coefficient (Wildman–Crippen LogP) is 3.68. The molecule has 0 bridgehead atoms. The highest BCUT2D eigenvalue weighted by molar-refractivity contribution is 7.11. The lowest BCUT2D eigenvalue weighted by Crippen LogP contribution is -2.18. The van der Waals surface area contributed by atoms with Crippen LogP contribution in [0.2, 0.25) is 0 Å². The largest absolute Gasteiger partial charge is 0.478 e. The third-order valence-electron chi connectivity index (χ3n) is 2.79. The number of ether oxygens (including phenoxy) is 1. The van der Waals surface area contributed by atoms with Gasteiger partial charge in [0.15, 0.2) is 0 Å². The minimum atomic E-state index is 0.321. The van der Waals surface area contributed by atoms with Crippen LogP contribution >= 0.6 is 11.3 Å². The molecule has 2 aromatic heterocycles. The zero-order valence-corrected chi connectivity index (χ0v) is 13.0. The zero-order chi connectivity index (χ0) is 14.4. The third kappa shape index (κ3) is 4.49. The van der Waals surface area contributed by atoms with Gasteiger partial charge in [-0.25, -0.2) is 9.97 Å². The lowest BCUT2D eigenvalue weighted by molar-refractivity contribution is 0.305. The second kappa shape index (κ2) is 7.24. The molecule has 0 saturated carbocycles. The first kappa shape index (κ1) is 14.8. The van der Waals surface area contributed by atoms with Crippen LogP contribution in [0.3, 0.4) is 0 Å². The van der Waals surface area contributed by atoms with Gasteiger partial charge < -0.3 is 10.1 Å². The minimum Gasteiger partial charge on any atom is -0.478 e. The van der Waals surface area contributed by atoms with E-state index in [0.29, 0.717) is 18.5 Å². The van der Waals surface area contributed by atoms with E-state index in [0.717, 1.165) is 18.7 Å². The maximum absolute atomic E-state index is 5.51. The van der Waals surface area contributed by atoms with Crippen LogP contribution < -0.4 is 10.1 Å². The van der Waals surface area contributed by atoms with Gasteiger partial charge in [-0.3, -0.25) is 0 Å². The molecule has 2 rings (SSSR count). The first-order chi connectivity index (χ1) is 9.67. The van der Waals surface area contributed by atoms with Gasteiger partial charge in [0.1, 0.15) is 12.1 Å². The van der Waals surface area contributed by atoms with Gasteiger partial charge in [0.05, 0.1) is 6.61 Å². The summed E-state index contributed by atoms with van der Waals surface area (Å²) >= 11 is 1.84. The van der Waals surface area contributed by atoms with Gasteiger partial charge >= 0.3 is 0 Å². The number of rotatable bonds is 7. The van der Waals surface area contributed by atoms with Gasteiger partial charge in [-0.15, -0.1) is 11.3 Å². The number of aromatic nitrogens is 2. The Morgan fingerprint density at radius 2 is 2.20 bits per heavy atom. The van der Waals surface area contributed by atoms with E-state index in [-0.39, 0.29) is 0 Å². The van der Waals surface area contributed by atoms with Crippen LogP contribution in [0, 0.1) is 6.92 Å². The van der Waals surface area contributed by atoms with Crippen molar-refractivity contribution in [3.63, 3.8) is 0 Å². The lowest BCUT2D eigenvalue weighted by atomic mass is 10.2. The smallest absolute Gasteiger partial charge is 0.218 e. The van der Waals surface area contributed by atoms with Crippen LogP contribution in [0.15, 0.2) is 24.5 Å². The molecule has 108 valence electrons. The normalized spacial score (nSPS) is 12.2. The molecule has 0 aromatic carbocycles. The van der Waals surface area contributed by atoms with E-state index in [1.165, 1.54) is 16.1 Å². The SMILES string of the molecule is CCCOc1cc(NC(C)Cc2ccc(C)s2)ncn1. The van der Waals surface area contributed by atoms with Crippen molar-refractivity contribution < 1.29 is 4.74 Å². The second-order valence-corrected chi connectivity index (χ2v) is 6.22. The standard InChI is InChI=1S/C15H21N3OS/c1-4-7-19-15-9-14(16-10-17-15)18-11(2)8-13-6-5-12(3)20-13/h5-6,9-11H,4,7-8H2,1-3H3,(H,16,17,18). The van der Waals surface area contributed by atoms with Crippen molar-refractivity contribution in [1.82, 2.24) is 9.97 Å². The molecule has 5 heteroatoms. The molecular weight excluding hydrogens is 270 g/mol. The fourth-order valence-corrected chi connectivity index (χ4v) is 2.92. The highest BCUT2D eigenvalue weighted by Crippen LogP contribution is 2.18. The van der Waals surface area contributed by atoms with Crippen molar-refractivity contribution in [2.45, 2.75) is 39.7 Å². The molecule has 2 aromatic rings. The number of hydrogen-bond acceptors (Lipinski definition) is 5.